The molecule has 180 valence electrons. The monoisotopic (exact) mass is 476 g/mol. The van der Waals surface area contributed by atoms with Crippen LogP contribution in [0.25, 0.3) is 0 Å². The van der Waals surface area contributed by atoms with Gasteiger partial charge in [-0.3, -0.25) is 15.5 Å². The van der Waals surface area contributed by atoms with Crippen molar-refractivity contribution in [2.75, 3.05) is 12.0 Å². The van der Waals surface area contributed by atoms with Crippen LogP contribution in [0.15, 0.2) is 72.5 Å². The maximum Gasteiger partial charge on any atom is 0.335 e. The Hall–Kier alpha value is -4.73. The van der Waals surface area contributed by atoms with Gasteiger partial charge in [0, 0.05) is 17.8 Å². The van der Waals surface area contributed by atoms with Crippen LogP contribution in [0.2, 0.25) is 0 Å². The third kappa shape index (κ3) is 6.64. The van der Waals surface area contributed by atoms with Gasteiger partial charge in [-0.1, -0.05) is 18.2 Å². The number of hydrogen-bond acceptors (Lipinski definition) is 8. The Balaban J connectivity index is 1.84. The van der Waals surface area contributed by atoms with Crippen LogP contribution in [-0.2, 0) is 13.0 Å². The minimum atomic E-state index is -0.992. The highest BCUT2D eigenvalue weighted by molar-refractivity contribution is 5.87. The number of aromatic nitrogens is 1. The molecule has 0 radical (unpaired) electrons. The summed E-state index contributed by atoms with van der Waals surface area (Å²) in [6.07, 6.45) is 5.16. The number of hydrogen-bond donors (Lipinski definition) is 2. The Morgan fingerprint density at radius 2 is 2.03 bits per heavy atom. The van der Waals surface area contributed by atoms with Crippen molar-refractivity contribution in [2.45, 2.75) is 20.0 Å². The first-order valence-electron chi connectivity index (χ1n) is 10.7. The highest BCUT2D eigenvalue weighted by Crippen LogP contribution is 2.34. The predicted octanol–water partition coefficient (Wildman–Crippen LogP) is 4.84. The summed E-state index contributed by atoms with van der Waals surface area (Å²) in [5.41, 5.74) is 4.89. The number of carboxylic acid groups (broad SMARTS) is 1. The quantitative estimate of drug-likeness (QED) is 0.164. The topological polar surface area (TPSA) is 136 Å². The van der Waals surface area contributed by atoms with Gasteiger partial charge >= 0.3 is 11.7 Å². The van der Waals surface area contributed by atoms with E-state index in [0.29, 0.717) is 30.1 Å². The molecule has 0 bridgehead atoms. The minimum absolute atomic E-state index is 0.0268. The molecule has 1 aromatic heterocycles. The van der Waals surface area contributed by atoms with Crippen molar-refractivity contribution in [3.8, 4) is 11.5 Å². The van der Waals surface area contributed by atoms with Crippen molar-refractivity contribution in [3.63, 3.8) is 0 Å². The molecule has 0 saturated heterocycles. The number of hydrazone groups is 1. The Bertz CT molecular complexity index is 1240. The SMILES string of the molecule is C=CCc1cc(/C=N\Nc2ncccc2[N+](=O)[O-])cc(OCC)c1OCc1ccc(C(=O)O)cc1. The third-order valence-corrected chi connectivity index (χ3v) is 4.77. The smallest absolute Gasteiger partial charge is 0.335 e. The number of pyridine rings is 1. The van der Waals surface area contributed by atoms with Crippen molar-refractivity contribution < 1.29 is 24.3 Å². The van der Waals surface area contributed by atoms with Gasteiger partial charge in [0.05, 0.1) is 23.3 Å². The molecular formula is C25H24N4O6. The Kier molecular flexibility index (Phi) is 8.49. The normalized spacial score (nSPS) is 10.7. The van der Waals surface area contributed by atoms with Gasteiger partial charge < -0.3 is 14.6 Å². The van der Waals surface area contributed by atoms with E-state index in [9.17, 15) is 14.9 Å². The van der Waals surface area contributed by atoms with Crippen LogP contribution in [-0.4, -0.2) is 33.8 Å². The lowest BCUT2D eigenvalue weighted by Crippen LogP contribution is -2.05. The van der Waals surface area contributed by atoms with E-state index in [4.69, 9.17) is 14.6 Å². The van der Waals surface area contributed by atoms with Crippen LogP contribution >= 0.6 is 0 Å². The van der Waals surface area contributed by atoms with E-state index in [1.807, 2.05) is 13.0 Å². The lowest BCUT2D eigenvalue weighted by Gasteiger charge is -2.17. The van der Waals surface area contributed by atoms with Crippen LogP contribution < -0.4 is 14.9 Å². The lowest BCUT2D eigenvalue weighted by atomic mass is 10.1. The van der Waals surface area contributed by atoms with E-state index >= 15 is 0 Å². The largest absolute Gasteiger partial charge is 0.490 e. The molecule has 0 saturated carbocycles. The zero-order chi connectivity index (χ0) is 25.2. The van der Waals surface area contributed by atoms with Gasteiger partial charge in [0.1, 0.15) is 6.61 Å². The van der Waals surface area contributed by atoms with E-state index in [1.54, 1.807) is 24.3 Å². The number of nitrogens with one attached hydrogen (secondary N) is 1. The molecule has 1 heterocycles. The maximum atomic E-state index is 11.1. The van der Waals surface area contributed by atoms with Crippen molar-refractivity contribution >= 4 is 23.7 Å². The first-order chi connectivity index (χ1) is 16.9. The van der Waals surface area contributed by atoms with Gasteiger partial charge in [-0.25, -0.2) is 9.78 Å². The van der Waals surface area contributed by atoms with E-state index in [0.717, 1.165) is 11.1 Å². The molecule has 3 aromatic rings. The van der Waals surface area contributed by atoms with Gasteiger partial charge in [0.25, 0.3) is 0 Å². The highest BCUT2D eigenvalue weighted by Gasteiger charge is 2.15. The summed E-state index contributed by atoms with van der Waals surface area (Å²) in [5.74, 6) is 0.0755. The standard InChI is InChI=1S/C25H24N4O6/c1-3-6-20-13-18(15-27-28-24-21(29(32)33)7-5-12-26-24)14-22(34-4-2)23(20)35-16-17-8-10-19(11-9-17)25(30)31/h3,5,7-15H,1,4,6,16H2,2H3,(H,26,28)(H,30,31)/b27-15-. The molecule has 0 fully saturated rings. The zero-order valence-electron chi connectivity index (χ0n) is 19.0. The highest BCUT2D eigenvalue weighted by atomic mass is 16.6. The van der Waals surface area contributed by atoms with Gasteiger partial charge in [0.2, 0.25) is 5.82 Å². The van der Waals surface area contributed by atoms with E-state index < -0.39 is 10.9 Å². The van der Waals surface area contributed by atoms with Crippen LogP contribution in [0, 0.1) is 10.1 Å². The molecule has 35 heavy (non-hydrogen) atoms. The fraction of sp³-hybridized carbons (Fsp3) is 0.160. The number of benzene rings is 2. The molecule has 2 N–H and O–H groups in total. The van der Waals surface area contributed by atoms with E-state index in [2.05, 4.69) is 22.1 Å². The average Bonchev–Trinajstić information content (AvgIpc) is 2.84. The zero-order valence-corrected chi connectivity index (χ0v) is 19.0. The van der Waals surface area contributed by atoms with Gasteiger partial charge in [0.15, 0.2) is 11.5 Å². The Labute approximate surface area is 201 Å². The Morgan fingerprint density at radius 1 is 1.26 bits per heavy atom. The van der Waals surface area contributed by atoms with E-state index in [1.165, 1.54) is 36.7 Å². The van der Waals surface area contributed by atoms with Crippen LogP contribution in [0.1, 0.15) is 34.0 Å². The van der Waals surface area contributed by atoms with Gasteiger partial charge in [-0.2, -0.15) is 5.10 Å². The van der Waals surface area contributed by atoms with Gasteiger partial charge in [-0.05, 0) is 54.8 Å². The number of allylic oxidation sites excluding steroid dienone is 1. The molecule has 10 nitrogen and oxygen atoms in total. The first-order valence-corrected chi connectivity index (χ1v) is 10.7. The summed E-state index contributed by atoms with van der Waals surface area (Å²) in [5, 5.41) is 24.3. The number of anilines is 1. The molecule has 0 atom stereocenters. The molecule has 0 aliphatic rings. The number of carboxylic acids is 1. The molecule has 10 heteroatoms. The maximum absolute atomic E-state index is 11.1. The average molecular weight is 476 g/mol. The summed E-state index contributed by atoms with van der Waals surface area (Å²) in [7, 11) is 0. The molecule has 0 aliphatic heterocycles. The third-order valence-electron chi connectivity index (χ3n) is 4.77. The fourth-order valence-corrected chi connectivity index (χ4v) is 3.19. The molecule has 3 rings (SSSR count). The van der Waals surface area contributed by atoms with Crippen molar-refractivity contribution in [1.29, 1.82) is 0 Å². The number of nitrogens with zero attached hydrogens (tertiary/aromatic N) is 3. The van der Waals surface area contributed by atoms with Crippen LogP contribution in [0.3, 0.4) is 0 Å². The first kappa shape index (κ1) is 24.9. The van der Waals surface area contributed by atoms with Crippen molar-refractivity contribution in [1.82, 2.24) is 4.98 Å². The molecule has 0 amide bonds. The second-order valence-electron chi connectivity index (χ2n) is 7.22. The molecular weight excluding hydrogens is 452 g/mol. The summed E-state index contributed by atoms with van der Waals surface area (Å²) < 4.78 is 11.9. The second-order valence-corrected chi connectivity index (χ2v) is 7.22. The Morgan fingerprint density at radius 3 is 2.69 bits per heavy atom. The second kappa shape index (κ2) is 11.9. The van der Waals surface area contributed by atoms with Crippen molar-refractivity contribution in [3.05, 3.63) is 99.8 Å². The number of ether oxygens (including phenoxy) is 2. The fourth-order valence-electron chi connectivity index (χ4n) is 3.19. The van der Waals surface area contributed by atoms with Gasteiger partial charge in [-0.15, -0.1) is 6.58 Å². The number of carbonyl (C=O) groups is 1. The number of rotatable bonds is 12. The molecule has 0 unspecified atom stereocenters. The summed E-state index contributed by atoms with van der Waals surface area (Å²) in [4.78, 5) is 25.6. The molecule has 0 aliphatic carbocycles. The minimum Gasteiger partial charge on any atom is -0.490 e. The number of nitro groups is 1. The van der Waals surface area contributed by atoms with Crippen molar-refractivity contribution in [2.24, 2.45) is 5.10 Å². The summed E-state index contributed by atoms with van der Waals surface area (Å²) in [6, 6.07) is 12.8. The predicted molar refractivity (Wildman–Crippen MR) is 131 cm³/mol. The summed E-state index contributed by atoms with van der Waals surface area (Å²) in [6.45, 7) is 6.27. The molecule has 0 spiro atoms. The van der Waals surface area contributed by atoms with Crippen LogP contribution in [0.4, 0.5) is 11.5 Å². The number of aromatic carboxylic acids is 1. The molecule has 2 aromatic carbocycles. The van der Waals surface area contributed by atoms with Crippen LogP contribution in [0.5, 0.6) is 11.5 Å². The van der Waals surface area contributed by atoms with E-state index in [-0.39, 0.29) is 23.7 Å². The lowest BCUT2D eigenvalue weighted by molar-refractivity contribution is -0.384. The summed E-state index contributed by atoms with van der Waals surface area (Å²) >= 11 is 0.